The van der Waals surface area contributed by atoms with E-state index in [1.165, 1.54) is 6.07 Å². The fourth-order valence-corrected chi connectivity index (χ4v) is 5.73. The zero-order chi connectivity index (χ0) is 29.0. The molecule has 2 aromatic carbocycles. The maximum atomic E-state index is 14.3. The Labute approximate surface area is 240 Å². The average molecular weight is 575 g/mol. The number of nitrogens with zero attached hydrogens (tertiary/aromatic N) is 5. The summed E-state index contributed by atoms with van der Waals surface area (Å²) in [6.07, 6.45) is 4.60. The molecule has 1 aliphatic heterocycles. The van der Waals surface area contributed by atoms with Crippen LogP contribution in [-0.4, -0.2) is 54.2 Å². The van der Waals surface area contributed by atoms with Gasteiger partial charge in [0.25, 0.3) is 0 Å². The van der Waals surface area contributed by atoms with Crippen molar-refractivity contribution in [1.29, 1.82) is 0 Å². The summed E-state index contributed by atoms with van der Waals surface area (Å²) in [7, 11) is 0. The van der Waals surface area contributed by atoms with Gasteiger partial charge in [-0.15, -0.1) is 0 Å². The second-order valence-corrected chi connectivity index (χ2v) is 11.0. The standard InChI is InChI=1S/C30H28ClFN6O3/c1-15-7-19(21-11-33-17(3)34-12-21)8-23-27(16(2)39)36-38(28(15)23)14-25(40)37-13-20-9-22(20)29(37)30(41)35-10-18-5-4-6-24(31)26(18)32/h4-9,11-12,16,20,29,39H,10,13-14H2,1-3H3,(H,35,41)/t16?,20-,29+/m1/s1. The van der Waals surface area contributed by atoms with E-state index in [1.807, 2.05) is 32.1 Å². The minimum Gasteiger partial charge on any atom is -0.387 e. The highest BCUT2D eigenvalue weighted by Crippen LogP contribution is 2.42. The minimum absolute atomic E-state index is 0.0167. The highest BCUT2D eigenvalue weighted by molar-refractivity contribution is 6.30. The molecular weight excluding hydrogens is 547 g/mol. The third kappa shape index (κ3) is 4.98. The fourth-order valence-electron chi connectivity index (χ4n) is 5.54. The Morgan fingerprint density at radius 2 is 1.95 bits per heavy atom. The van der Waals surface area contributed by atoms with Gasteiger partial charge in [-0.3, -0.25) is 14.3 Å². The molecule has 11 heteroatoms. The van der Waals surface area contributed by atoms with E-state index in [1.54, 1.807) is 41.0 Å². The van der Waals surface area contributed by atoms with Crippen LogP contribution in [0.3, 0.4) is 0 Å². The number of aliphatic hydroxyl groups excluding tert-OH is 1. The van der Waals surface area contributed by atoms with Gasteiger partial charge in [0.05, 0.1) is 22.3 Å². The fraction of sp³-hybridized carbons (Fsp3) is 0.300. The van der Waals surface area contributed by atoms with Crippen LogP contribution in [0.25, 0.3) is 22.0 Å². The Balaban J connectivity index is 1.25. The molecule has 4 aromatic rings. The number of rotatable bonds is 7. The van der Waals surface area contributed by atoms with Crippen molar-refractivity contribution in [3.63, 3.8) is 0 Å². The zero-order valence-electron chi connectivity index (χ0n) is 22.7. The van der Waals surface area contributed by atoms with Crippen LogP contribution in [0.5, 0.6) is 0 Å². The summed E-state index contributed by atoms with van der Waals surface area (Å²) in [5.41, 5.74) is 4.92. The van der Waals surface area contributed by atoms with E-state index in [9.17, 15) is 19.1 Å². The summed E-state index contributed by atoms with van der Waals surface area (Å²) < 4.78 is 15.9. The number of carbonyl (C=O) groups is 2. The lowest BCUT2D eigenvalue weighted by molar-refractivity contribution is -0.138. The van der Waals surface area contributed by atoms with Gasteiger partial charge in [-0.1, -0.05) is 29.8 Å². The molecule has 3 heterocycles. The molecule has 2 aromatic heterocycles. The van der Waals surface area contributed by atoms with Crippen LogP contribution in [0.4, 0.5) is 4.39 Å². The molecule has 1 aliphatic carbocycles. The van der Waals surface area contributed by atoms with Gasteiger partial charge in [0.15, 0.2) is 0 Å². The largest absolute Gasteiger partial charge is 0.387 e. The molecule has 0 spiro atoms. The van der Waals surface area contributed by atoms with Gasteiger partial charge in [0, 0.05) is 47.9 Å². The maximum absolute atomic E-state index is 14.3. The summed E-state index contributed by atoms with van der Waals surface area (Å²) in [6, 6.07) is 7.76. The van der Waals surface area contributed by atoms with Crippen molar-refractivity contribution < 1.29 is 19.1 Å². The number of aliphatic hydroxyl groups is 1. The van der Waals surface area contributed by atoms with Crippen molar-refractivity contribution in [3.8, 4) is 11.1 Å². The molecule has 6 rings (SSSR count). The molecule has 1 unspecified atom stereocenters. The second-order valence-electron chi connectivity index (χ2n) is 10.6. The zero-order valence-corrected chi connectivity index (χ0v) is 23.5. The van der Waals surface area contributed by atoms with Gasteiger partial charge in [0.1, 0.15) is 24.2 Å². The number of fused-ring (bicyclic) bond motifs is 2. The van der Waals surface area contributed by atoms with E-state index >= 15 is 0 Å². The van der Waals surface area contributed by atoms with Crippen molar-refractivity contribution in [2.75, 3.05) is 6.54 Å². The quantitative estimate of drug-likeness (QED) is 0.322. The first kappa shape index (κ1) is 27.0. The number of hydrogen-bond donors (Lipinski definition) is 2. The van der Waals surface area contributed by atoms with Crippen LogP contribution in [0.2, 0.25) is 5.02 Å². The summed E-state index contributed by atoms with van der Waals surface area (Å²) >= 11 is 5.87. The van der Waals surface area contributed by atoms with Gasteiger partial charge in [0.2, 0.25) is 11.8 Å². The Hall–Kier alpha value is -4.15. The van der Waals surface area contributed by atoms with Gasteiger partial charge in [-0.25, -0.2) is 14.4 Å². The topological polar surface area (TPSA) is 113 Å². The number of nitrogens with one attached hydrogen (secondary N) is 1. The number of aromatic nitrogens is 4. The van der Waals surface area contributed by atoms with Crippen molar-refractivity contribution in [1.82, 2.24) is 30.0 Å². The first-order valence-electron chi connectivity index (χ1n) is 13.3. The molecule has 210 valence electrons. The molecule has 2 aliphatic rings. The Kier molecular flexibility index (Phi) is 6.83. The van der Waals surface area contributed by atoms with E-state index < -0.39 is 18.0 Å². The van der Waals surface area contributed by atoms with Crippen LogP contribution < -0.4 is 5.32 Å². The van der Waals surface area contributed by atoms with Gasteiger partial charge >= 0.3 is 0 Å². The second kappa shape index (κ2) is 10.4. The van der Waals surface area contributed by atoms with Gasteiger partial charge in [-0.2, -0.15) is 5.10 Å². The smallest absolute Gasteiger partial charge is 0.247 e. The molecule has 41 heavy (non-hydrogen) atoms. The van der Waals surface area contributed by atoms with Crippen molar-refractivity contribution in [2.45, 2.75) is 46.0 Å². The Morgan fingerprint density at radius 1 is 1.20 bits per heavy atom. The molecule has 0 bridgehead atoms. The molecule has 1 saturated heterocycles. The predicted octanol–water partition coefficient (Wildman–Crippen LogP) is 4.04. The molecule has 2 amide bonds. The summed E-state index contributed by atoms with van der Waals surface area (Å²) in [6.45, 7) is 5.63. The monoisotopic (exact) mass is 574 g/mol. The molecule has 1 fully saturated rings. The van der Waals surface area contributed by atoms with Crippen molar-refractivity contribution in [3.05, 3.63) is 87.9 Å². The molecule has 3 atom stereocenters. The molecule has 2 N–H and O–H groups in total. The number of benzene rings is 2. The first-order valence-corrected chi connectivity index (χ1v) is 13.7. The first-order chi connectivity index (χ1) is 19.6. The highest BCUT2D eigenvalue weighted by Gasteiger charge is 2.49. The van der Waals surface area contributed by atoms with E-state index in [2.05, 4.69) is 20.4 Å². The lowest BCUT2D eigenvalue weighted by Crippen LogP contribution is -2.47. The maximum Gasteiger partial charge on any atom is 0.247 e. The molecule has 0 saturated carbocycles. The number of amides is 2. The van der Waals surface area contributed by atoms with Gasteiger partial charge < -0.3 is 15.3 Å². The average Bonchev–Trinajstić information content (AvgIpc) is 3.44. The normalized spacial score (nSPS) is 18.3. The minimum atomic E-state index is -0.868. The van der Waals surface area contributed by atoms with Gasteiger partial charge in [-0.05, 0) is 55.7 Å². The van der Waals surface area contributed by atoms with Crippen LogP contribution >= 0.6 is 11.6 Å². The van der Waals surface area contributed by atoms with E-state index in [4.69, 9.17) is 11.6 Å². The van der Waals surface area contributed by atoms with E-state index in [0.29, 0.717) is 18.1 Å². The number of aryl methyl sites for hydroxylation is 2. The lowest BCUT2D eigenvalue weighted by Gasteiger charge is -2.25. The van der Waals surface area contributed by atoms with Crippen LogP contribution in [0.15, 0.2) is 54.4 Å². The highest BCUT2D eigenvalue weighted by atomic mass is 35.5. The third-order valence-electron chi connectivity index (χ3n) is 7.64. The summed E-state index contributed by atoms with van der Waals surface area (Å²) in [4.78, 5) is 37.0. The van der Waals surface area contributed by atoms with Crippen LogP contribution in [0.1, 0.15) is 35.7 Å². The lowest BCUT2D eigenvalue weighted by atomic mass is 10.0. The Bertz CT molecular complexity index is 1730. The number of halogens is 2. The molecular formula is C30H28ClFN6O3. The summed E-state index contributed by atoms with van der Waals surface area (Å²) in [5.74, 6) is -0.489. The van der Waals surface area contributed by atoms with Crippen LogP contribution in [-0.2, 0) is 22.7 Å². The number of carbonyl (C=O) groups excluding carboxylic acids is 2. The SMILES string of the molecule is Cc1ncc(-c2cc(C)c3c(c2)c(C(C)O)nn3CC(=O)N2C[C@H]3C=C3[C@H]2C(=O)NCc2cccc(Cl)c2F)cn1. The predicted molar refractivity (Wildman–Crippen MR) is 151 cm³/mol. The van der Waals surface area contributed by atoms with E-state index in [-0.39, 0.29) is 41.4 Å². The van der Waals surface area contributed by atoms with Crippen molar-refractivity contribution >= 4 is 34.3 Å². The number of likely N-dealkylation sites (tertiary alicyclic amines) is 1. The Morgan fingerprint density at radius 3 is 2.68 bits per heavy atom. The third-order valence-corrected chi connectivity index (χ3v) is 7.94. The summed E-state index contributed by atoms with van der Waals surface area (Å²) in [5, 5.41) is 18.6. The molecule has 9 nitrogen and oxygen atoms in total. The van der Waals surface area contributed by atoms with E-state index in [0.717, 1.165) is 33.2 Å². The van der Waals surface area contributed by atoms with Crippen LogP contribution in [0, 0.1) is 25.6 Å². The van der Waals surface area contributed by atoms with Crippen molar-refractivity contribution in [2.24, 2.45) is 5.92 Å². The number of hydrogen-bond acceptors (Lipinski definition) is 6. The molecule has 0 radical (unpaired) electrons.